The zero-order valence-corrected chi connectivity index (χ0v) is 8.94. The molecule has 0 amide bonds. The summed E-state index contributed by atoms with van der Waals surface area (Å²) in [5, 5.41) is 3.13. The summed E-state index contributed by atoms with van der Waals surface area (Å²) in [5.74, 6) is 0.813. The van der Waals surface area contributed by atoms with Crippen molar-refractivity contribution in [2.75, 3.05) is 16.8 Å². The number of aromatic nitrogens is 2. The summed E-state index contributed by atoms with van der Waals surface area (Å²) in [6.07, 6.45) is 1.38. The third-order valence-electron chi connectivity index (χ3n) is 2.31. The molecule has 82 valence electrons. The number of hydrogen-bond acceptors (Lipinski definition) is 5. The van der Waals surface area contributed by atoms with Gasteiger partial charge in [-0.2, -0.15) is 0 Å². The number of rotatable bonds is 2. The molecule has 5 nitrogen and oxygen atoms in total. The fourth-order valence-electron chi connectivity index (χ4n) is 1.35. The topological polar surface area (TPSA) is 89.8 Å². The summed E-state index contributed by atoms with van der Waals surface area (Å²) in [6, 6.07) is 7.87. The third-order valence-corrected chi connectivity index (χ3v) is 2.31. The molecule has 0 aliphatic heterocycles. The molecular weight excluding hydrogens is 202 g/mol. The van der Waals surface area contributed by atoms with E-state index < -0.39 is 0 Å². The van der Waals surface area contributed by atoms with Crippen LogP contribution >= 0.6 is 0 Å². The van der Waals surface area contributed by atoms with E-state index >= 15 is 0 Å². The highest BCUT2D eigenvalue weighted by molar-refractivity contribution is 5.76. The Morgan fingerprint density at radius 2 is 1.88 bits per heavy atom. The van der Waals surface area contributed by atoms with Crippen molar-refractivity contribution in [2.24, 2.45) is 0 Å². The van der Waals surface area contributed by atoms with Gasteiger partial charge in [0.1, 0.15) is 12.0 Å². The van der Waals surface area contributed by atoms with Gasteiger partial charge in [-0.3, -0.25) is 0 Å². The zero-order valence-electron chi connectivity index (χ0n) is 8.94. The summed E-state index contributed by atoms with van der Waals surface area (Å²) in [4.78, 5) is 7.85. The number of nitrogens with one attached hydrogen (secondary N) is 1. The molecule has 2 aromatic rings. The highest BCUT2D eigenvalue weighted by Crippen LogP contribution is 2.25. The summed E-state index contributed by atoms with van der Waals surface area (Å²) in [5.41, 5.74) is 13.8. The molecule has 0 atom stereocenters. The molecular formula is C11H13N5. The molecule has 1 aromatic carbocycles. The summed E-state index contributed by atoms with van der Waals surface area (Å²) in [7, 11) is 0. The number of benzene rings is 1. The van der Waals surface area contributed by atoms with E-state index in [1.165, 1.54) is 6.33 Å². The van der Waals surface area contributed by atoms with Crippen molar-refractivity contribution < 1.29 is 0 Å². The van der Waals surface area contributed by atoms with Crippen LogP contribution in [0.1, 0.15) is 5.56 Å². The fourth-order valence-corrected chi connectivity index (χ4v) is 1.35. The normalized spacial score (nSPS) is 10.1. The van der Waals surface area contributed by atoms with Crippen molar-refractivity contribution in [3.05, 3.63) is 36.2 Å². The van der Waals surface area contributed by atoms with Crippen molar-refractivity contribution in [2.45, 2.75) is 6.92 Å². The van der Waals surface area contributed by atoms with Gasteiger partial charge in [0.15, 0.2) is 11.6 Å². The van der Waals surface area contributed by atoms with Crippen LogP contribution in [0.25, 0.3) is 0 Å². The Bertz CT molecular complexity index is 509. The van der Waals surface area contributed by atoms with E-state index in [1.807, 2.05) is 31.2 Å². The number of para-hydroxylation sites is 1. The van der Waals surface area contributed by atoms with Gasteiger partial charge in [-0.25, -0.2) is 9.97 Å². The average Bonchev–Trinajstić information content (AvgIpc) is 2.28. The number of nitrogen functional groups attached to an aromatic ring is 2. The van der Waals surface area contributed by atoms with Gasteiger partial charge in [0.25, 0.3) is 0 Å². The van der Waals surface area contributed by atoms with Crippen molar-refractivity contribution in [1.82, 2.24) is 9.97 Å². The van der Waals surface area contributed by atoms with Gasteiger partial charge in [0, 0.05) is 5.69 Å². The molecule has 0 bridgehead atoms. The van der Waals surface area contributed by atoms with Crippen LogP contribution in [0.3, 0.4) is 0 Å². The molecule has 0 spiro atoms. The van der Waals surface area contributed by atoms with E-state index in [0.29, 0.717) is 11.5 Å². The second kappa shape index (κ2) is 4.06. The van der Waals surface area contributed by atoms with E-state index in [9.17, 15) is 0 Å². The van der Waals surface area contributed by atoms with E-state index in [1.54, 1.807) is 0 Å². The minimum Gasteiger partial charge on any atom is -0.393 e. The van der Waals surface area contributed by atoms with Crippen molar-refractivity contribution in [3.8, 4) is 0 Å². The standard InChI is InChI=1S/C11H13N5/c1-7-4-2-3-5-8(7)16-11-9(12)10(13)14-6-15-11/h2-6H,12H2,1H3,(H3,13,14,15,16). The highest BCUT2D eigenvalue weighted by Gasteiger charge is 2.06. The largest absolute Gasteiger partial charge is 0.393 e. The summed E-state index contributed by atoms with van der Waals surface area (Å²) >= 11 is 0. The Morgan fingerprint density at radius 3 is 2.62 bits per heavy atom. The van der Waals surface area contributed by atoms with Crippen LogP contribution in [0, 0.1) is 6.92 Å². The molecule has 16 heavy (non-hydrogen) atoms. The first-order valence-corrected chi connectivity index (χ1v) is 4.87. The van der Waals surface area contributed by atoms with Gasteiger partial charge in [0.05, 0.1) is 0 Å². The van der Waals surface area contributed by atoms with Crippen LogP contribution < -0.4 is 16.8 Å². The third kappa shape index (κ3) is 1.88. The Labute approximate surface area is 93.5 Å². The molecule has 0 saturated heterocycles. The molecule has 0 saturated carbocycles. The van der Waals surface area contributed by atoms with Crippen LogP contribution in [-0.4, -0.2) is 9.97 Å². The first kappa shape index (κ1) is 10.2. The minimum absolute atomic E-state index is 0.283. The molecule has 0 fully saturated rings. The molecule has 5 N–H and O–H groups in total. The van der Waals surface area contributed by atoms with E-state index in [-0.39, 0.29) is 5.82 Å². The monoisotopic (exact) mass is 215 g/mol. The van der Waals surface area contributed by atoms with Crippen molar-refractivity contribution in [1.29, 1.82) is 0 Å². The number of anilines is 4. The van der Waals surface area contributed by atoms with Gasteiger partial charge in [-0.05, 0) is 18.6 Å². The Kier molecular flexibility index (Phi) is 2.59. The van der Waals surface area contributed by atoms with Crippen LogP contribution in [-0.2, 0) is 0 Å². The number of nitrogens with two attached hydrogens (primary N) is 2. The molecule has 2 rings (SSSR count). The second-order valence-electron chi connectivity index (χ2n) is 3.46. The fraction of sp³-hybridized carbons (Fsp3) is 0.0909. The van der Waals surface area contributed by atoms with E-state index in [0.717, 1.165) is 11.3 Å². The lowest BCUT2D eigenvalue weighted by Crippen LogP contribution is -2.05. The molecule has 0 unspecified atom stereocenters. The van der Waals surface area contributed by atoms with Gasteiger partial charge in [-0.1, -0.05) is 18.2 Å². The molecule has 0 aliphatic rings. The average molecular weight is 215 g/mol. The van der Waals surface area contributed by atoms with E-state index in [4.69, 9.17) is 11.5 Å². The van der Waals surface area contributed by atoms with Gasteiger partial charge < -0.3 is 16.8 Å². The first-order chi connectivity index (χ1) is 7.68. The lowest BCUT2D eigenvalue weighted by Gasteiger charge is -2.10. The Hall–Kier alpha value is -2.30. The smallest absolute Gasteiger partial charge is 0.159 e. The van der Waals surface area contributed by atoms with Crippen LogP contribution in [0.4, 0.5) is 23.0 Å². The first-order valence-electron chi connectivity index (χ1n) is 4.87. The minimum atomic E-state index is 0.283. The lowest BCUT2D eigenvalue weighted by molar-refractivity contribution is 1.18. The van der Waals surface area contributed by atoms with Crippen LogP contribution in [0.15, 0.2) is 30.6 Å². The van der Waals surface area contributed by atoms with Gasteiger partial charge in [-0.15, -0.1) is 0 Å². The maximum absolute atomic E-state index is 5.77. The number of hydrogen-bond donors (Lipinski definition) is 3. The zero-order chi connectivity index (χ0) is 11.5. The molecule has 0 radical (unpaired) electrons. The van der Waals surface area contributed by atoms with Crippen molar-refractivity contribution in [3.63, 3.8) is 0 Å². The van der Waals surface area contributed by atoms with E-state index in [2.05, 4.69) is 15.3 Å². The quantitative estimate of drug-likeness (QED) is 0.709. The number of aryl methyl sites for hydroxylation is 1. The maximum Gasteiger partial charge on any atom is 0.159 e. The van der Waals surface area contributed by atoms with Crippen molar-refractivity contribution >= 4 is 23.0 Å². The Morgan fingerprint density at radius 1 is 1.12 bits per heavy atom. The van der Waals surface area contributed by atoms with Crippen LogP contribution in [0.2, 0.25) is 0 Å². The van der Waals surface area contributed by atoms with Crippen LogP contribution in [0.5, 0.6) is 0 Å². The number of nitrogens with zero attached hydrogens (tertiary/aromatic N) is 2. The highest BCUT2D eigenvalue weighted by atomic mass is 15.1. The lowest BCUT2D eigenvalue weighted by atomic mass is 10.2. The second-order valence-corrected chi connectivity index (χ2v) is 3.46. The Balaban J connectivity index is 2.35. The molecule has 5 heteroatoms. The maximum atomic E-state index is 5.77. The molecule has 1 heterocycles. The predicted octanol–water partition coefficient (Wildman–Crippen LogP) is 1.69. The summed E-state index contributed by atoms with van der Waals surface area (Å²) < 4.78 is 0. The molecule has 0 aliphatic carbocycles. The predicted molar refractivity (Wildman–Crippen MR) is 65.3 cm³/mol. The molecule has 1 aromatic heterocycles. The SMILES string of the molecule is Cc1ccccc1Nc1ncnc(N)c1N. The van der Waals surface area contributed by atoms with Gasteiger partial charge >= 0.3 is 0 Å². The van der Waals surface area contributed by atoms with Gasteiger partial charge in [0.2, 0.25) is 0 Å². The summed E-state index contributed by atoms with van der Waals surface area (Å²) in [6.45, 7) is 2.00.